The minimum absolute atomic E-state index is 0.0281. The summed E-state index contributed by atoms with van der Waals surface area (Å²) < 4.78 is 1.68. The molecule has 1 aliphatic rings. The van der Waals surface area contributed by atoms with E-state index < -0.39 is 5.97 Å². The number of thiophene rings is 1. The highest BCUT2D eigenvalue weighted by atomic mass is 35.5. The molecule has 1 N–H and O–H groups in total. The van der Waals surface area contributed by atoms with Gasteiger partial charge in [-0.05, 0) is 54.9 Å². The number of carboxylic acid groups (broad SMARTS) is 1. The maximum absolute atomic E-state index is 13.5. The minimum Gasteiger partial charge on any atom is -0.481 e. The van der Waals surface area contributed by atoms with Gasteiger partial charge in [-0.2, -0.15) is 0 Å². The van der Waals surface area contributed by atoms with Gasteiger partial charge in [0, 0.05) is 29.3 Å². The molecule has 152 valence electrons. The Balaban J connectivity index is 1.81. The topological polar surface area (TPSA) is 72.2 Å². The molecular weight excluding hydrogens is 408 g/mol. The van der Waals surface area contributed by atoms with Crippen molar-refractivity contribution in [3.05, 3.63) is 61.5 Å². The Morgan fingerprint density at radius 2 is 2.24 bits per heavy atom. The number of benzene rings is 1. The molecule has 0 amide bonds. The van der Waals surface area contributed by atoms with Crippen molar-refractivity contribution in [2.24, 2.45) is 5.92 Å². The summed E-state index contributed by atoms with van der Waals surface area (Å²) in [4.78, 5) is 31.4. The van der Waals surface area contributed by atoms with E-state index in [9.17, 15) is 9.59 Å². The number of aromatic nitrogens is 2. The molecule has 0 saturated heterocycles. The van der Waals surface area contributed by atoms with Crippen LogP contribution < -0.4 is 5.56 Å². The molecule has 0 radical (unpaired) electrons. The van der Waals surface area contributed by atoms with E-state index in [1.807, 2.05) is 24.3 Å². The molecule has 29 heavy (non-hydrogen) atoms. The number of nitrogens with zero attached hydrogens (tertiary/aromatic N) is 2. The summed E-state index contributed by atoms with van der Waals surface area (Å²) in [5.74, 6) is 0.437. The van der Waals surface area contributed by atoms with Crippen molar-refractivity contribution in [2.45, 2.75) is 52.0 Å². The first-order chi connectivity index (χ1) is 13.9. The van der Waals surface area contributed by atoms with Gasteiger partial charge in [0.25, 0.3) is 5.56 Å². The number of rotatable bonds is 6. The molecule has 7 heteroatoms. The second-order valence-corrected chi connectivity index (χ2v) is 9.34. The lowest BCUT2D eigenvalue weighted by atomic mass is 9.89. The summed E-state index contributed by atoms with van der Waals surface area (Å²) in [7, 11) is 0. The molecule has 0 bridgehead atoms. The molecule has 3 aromatic rings. The van der Waals surface area contributed by atoms with Gasteiger partial charge in [0.1, 0.15) is 10.7 Å². The Kier molecular flexibility index (Phi) is 5.74. The van der Waals surface area contributed by atoms with Crippen LogP contribution in [0, 0.1) is 5.92 Å². The Labute approximate surface area is 178 Å². The standard InChI is InChI=1S/C22H23ClN2O3S/c1-13-7-8-16-17(10-13)29-21-20(16)22(28)25(9-3-6-19(26)27)18(24-21)12-14-4-2-5-15(23)11-14/h2,4-5,11,13H,3,6-10,12H2,1H3,(H,26,27). The summed E-state index contributed by atoms with van der Waals surface area (Å²) in [6.07, 6.45) is 3.91. The zero-order chi connectivity index (χ0) is 20.5. The fraction of sp³-hybridized carbons (Fsp3) is 0.409. The number of aryl methyl sites for hydroxylation is 1. The van der Waals surface area contributed by atoms with Crippen molar-refractivity contribution in [1.29, 1.82) is 0 Å². The molecule has 1 unspecified atom stereocenters. The smallest absolute Gasteiger partial charge is 0.303 e. The summed E-state index contributed by atoms with van der Waals surface area (Å²) in [5.41, 5.74) is 2.09. The summed E-state index contributed by atoms with van der Waals surface area (Å²) >= 11 is 7.76. The average molecular weight is 431 g/mol. The van der Waals surface area contributed by atoms with E-state index in [1.165, 1.54) is 4.88 Å². The summed E-state index contributed by atoms with van der Waals surface area (Å²) in [5, 5.41) is 10.4. The van der Waals surface area contributed by atoms with E-state index >= 15 is 0 Å². The van der Waals surface area contributed by atoms with Crippen LogP contribution in [0.4, 0.5) is 0 Å². The van der Waals surface area contributed by atoms with Crippen LogP contribution in [0.5, 0.6) is 0 Å². The van der Waals surface area contributed by atoms with Gasteiger partial charge in [0.2, 0.25) is 0 Å². The van der Waals surface area contributed by atoms with Gasteiger partial charge < -0.3 is 5.11 Å². The lowest BCUT2D eigenvalue weighted by Crippen LogP contribution is -2.26. The van der Waals surface area contributed by atoms with Crippen molar-refractivity contribution in [3.63, 3.8) is 0 Å². The molecular formula is C22H23ClN2O3S. The molecule has 2 aromatic heterocycles. The van der Waals surface area contributed by atoms with Gasteiger partial charge in [0.15, 0.2) is 0 Å². The number of carboxylic acids is 1. The SMILES string of the molecule is CC1CCc2c(sc3nc(Cc4cccc(Cl)c4)n(CCCC(=O)O)c(=O)c23)C1. The van der Waals surface area contributed by atoms with Crippen LogP contribution >= 0.6 is 22.9 Å². The monoisotopic (exact) mass is 430 g/mol. The normalized spacial score (nSPS) is 16.1. The molecule has 0 saturated carbocycles. The molecule has 4 rings (SSSR count). The van der Waals surface area contributed by atoms with Crippen LogP contribution in [-0.2, 0) is 30.6 Å². The predicted octanol–water partition coefficient (Wildman–Crippen LogP) is 4.69. The van der Waals surface area contributed by atoms with Crippen LogP contribution in [-0.4, -0.2) is 20.6 Å². The third kappa shape index (κ3) is 4.23. The van der Waals surface area contributed by atoms with Crippen molar-refractivity contribution in [2.75, 3.05) is 0 Å². The fourth-order valence-corrected chi connectivity index (χ4v) is 5.65. The van der Waals surface area contributed by atoms with Gasteiger partial charge in [-0.15, -0.1) is 11.3 Å². The number of hydrogen-bond donors (Lipinski definition) is 1. The van der Waals surface area contributed by atoms with Crippen LogP contribution in [0.25, 0.3) is 10.2 Å². The number of aliphatic carboxylic acids is 1. The Morgan fingerprint density at radius 1 is 1.41 bits per heavy atom. The predicted molar refractivity (Wildman–Crippen MR) is 116 cm³/mol. The van der Waals surface area contributed by atoms with Crippen LogP contribution in [0.1, 0.15) is 48.0 Å². The lowest BCUT2D eigenvalue weighted by Gasteiger charge is -2.18. The molecule has 1 aliphatic carbocycles. The second-order valence-electron chi connectivity index (χ2n) is 7.82. The van der Waals surface area contributed by atoms with Gasteiger partial charge in [-0.3, -0.25) is 14.2 Å². The quantitative estimate of drug-likeness (QED) is 0.615. The largest absolute Gasteiger partial charge is 0.481 e. The van der Waals surface area contributed by atoms with Crippen molar-refractivity contribution in [1.82, 2.24) is 9.55 Å². The lowest BCUT2D eigenvalue weighted by molar-refractivity contribution is -0.137. The van der Waals surface area contributed by atoms with E-state index in [0.29, 0.717) is 36.2 Å². The van der Waals surface area contributed by atoms with E-state index in [1.54, 1.807) is 15.9 Å². The van der Waals surface area contributed by atoms with Crippen molar-refractivity contribution >= 4 is 39.1 Å². The first kappa shape index (κ1) is 20.1. The van der Waals surface area contributed by atoms with Crippen LogP contribution in [0.15, 0.2) is 29.1 Å². The summed E-state index contributed by atoms with van der Waals surface area (Å²) in [6.45, 7) is 2.60. The molecule has 5 nitrogen and oxygen atoms in total. The van der Waals surface area contributed by atoms with E-state index in [-0.39, 0.29) is 12.0 Å². The van der Waals surface area contributed by atoms with Gasteiger partial charge in [-0.1, -0.05) is 30.7 Å². The minimum atomic E-state index is -0.856. The zero-order valence-electron chi connectivity index (χ0n) is 16.3. The molecule has 1 aromatic carbocycles. The first-order valence-corrected chi connectivity index (χ1v) is 11.1. The Hall–Kier alpha value is -2.18. The number of carbonyl (C=O) groups is 1. The molecule has 0 aliphatic heterocycles. The van der Waals surface area contributed by atoms with Crippen LogP contribution in [0.2, 0.25) is 5.02 Å². The summed E-state index contributed by atoms with van der Waals surface area (Å²) in [6, 6.07) is 7.54. The molecule has 2 heterocycles. The van der Waals surface area contributed by atoms with E-state index in [2.05, 4.69) is 6.92 Å². The maximum atomic E-state index is 13.5. The fourth-order valence-electron chi connectivity index (χ4n) is 4.05. The van der Waals surface area contributed by atoms with Crippen molar-refractivity contribution in [3.8, 4) is 0 Å². The number of hydrogen-bond acceptors (Lipinski definition) is 4. The van der Waals surface area contributed by atoms with E-state index in [4.69, 9.17) is 21.7 Å². The third-order valence-corrected chi connectivity index (χ3v) is 6.90. The number of fused-ring (bicyclic) bond motifs is 3. The van der Waals surface area contributed by atoms with E-state index in [0.717, 1.165) is 40.6 Å². The molecule has 0 fully saturated rings. The molecule has 1 atom stereocenters. The van der Waals surface area contributed by atoms with Crippen LogP contribution in [0.3, 0.4) is 0 Å². The highest BCUT2D eigenvalue weighted by Crippen LogP contribution is 2.36. The van der Waals surface area contributed by atoms with Gasteiger partial charge in [-0.25, -0.2) is 4.98 Å². The zero-order valence-corrected chi connectivity index (χ0v) is 17.9. The Morgan fingerprint density at radius 3 is 3.00 bits per heavy atom. The molecule has 0 spiro atoms. The highest BCUT2D eigenvalue weighted by molar-refractivity contribution is 7.18. The number of halogens is 1. The Bertz CT molecular complexity index is 1140. The second kappa shape index (κ2) is 8.28. The third-order valence-electron chi connectivity index (χ3n) is 5.52. The van der Waals surface area contributed by atoms with Gasteiger partial charge in [0.05, 0.1) is 5.39 Å². The van der Waals surface area contributed by atoms with Gasteiger partial charge >= 0.3 is 5.97 Å². The maximum Gasteiger partial charge on any atom is 0.303 e. The highest BCUT2D eigenvalue weighted by Gasteiger charge is 2.24. The first-order valence-electron chi connectivity index (χ1n) is 9.92. The average Bonchev–Trinajstić information content (AvgIpc) is 3.01. The van der Waals surface area contributed by atoms with Crippen molar-refractivity contribution < 1.29 is 9.90 Å².